The first-order valence-electron chi connectivity index (χ1n) is 25.6. The van der Waals surface area contributed by atoms with E-state index in [1.165, 1.54) is 109 Å². The second kappa shape index (κ2) is 37.5. The number of hydrogen-bond donors (Lipinski definition) is 9. The summed E-state index contributed by atoms with van der Waals surface area (Å²) in [5, 5.41) is 86.5. The Morgan fingerprint density at radius 3 is 1.56 bits per heavy atom. The Kier molecular flexibility index (Phi) is 34.3. The highest BCUT2D eigenvalue weighted by molar-refractivity contribution is 5.76. The molecule has 2 fully saturated rings. The van der Waals surface area contributed by atoms with Crippen LogP contribution in [0.5, 0.6) is 0 Å². The molecule has 2 saturated heterocycles. The van der Waals surface area contributed by atoms with Gasteiger partial charge in [-0.1, -0.05) is 167 Å². The van der Waals surface area contributed by atoms with E-state index in [9.17, 15) is 45.6 Å². The number of ether oxygens (including phenoxy) is 4. The molecule has 2 aliphatic heterocycles. The number of carbonyl (C=O) groups is 1. The summed E-state index contributed by atoms with van der Waals surface area (Å²) in [6.45, 7) is 2.78. The van der Waals surface area contributed by atoms with Crippen LogP contribution in [-0.2, 0) is 23.7 Å². The van der Waals surface area contributed by atoms with Gasteiger partial charge in [0.05, 0.1) is 32.0 Å². The molecule has 2 aliphatic rings. The minimum atomic E-state index is -1.78. The van der Waals surface area contributed by atoms with Gasteiger partial charge in [-0.25, -0.2) is 0 Å². The van der Waals surface area contributed by atoms with Gasteiger partial charge in [-0.3, -0.25) is 4.79 Å². The van der Waals surface area contributed by atoms with E-state index < -0.39 is 86.8 Å². The fourth-order valence-corrected chi connectivity index (χ4v) is 8.44. The van der Waals surface area contributed by atoms with Crippen molar-refractivity contribution in [1.82, 2.24) is 5.32 Å². The van der Waals surface area contributed by atoms with Crippen molar-refractivity contribution in [2.45, 2.75) is 267 Å². The molecule has 1 amide bonds. The summed E-state index contributed by atoms with van der Waals surface area (Å²) < 4.78 is 22.7. The number of unbranched alkanes of at least 4 members (excludes halogenated alkanes) is 22. The van der Waals surface area contributed by atoms with Crippen LogP contribution < -0.4 is 5.32 Å². The molecule has 2 rings (SSSR count). The van der Waals surface area contributed by atoms with Crippen LogP contribution in [0.4, 0.5) is 0 Å². The molecule has 14 nitrogen and oxygen atoms in total. The Labute approximate surface area is 386 Å². The van der Waals surface area contributed by atoms with Crippen LogP contribution in [0, 0.1) is 0 Å². The van der Waals surface area contributed by atoms with Crippen LogP contribution in [0.25, 0.3) is 0 Å². The van der Waals surface area contributed by atoms with E-state index in [1.807, 2.05) is 0 Å². The molecular formula is C50H93NO13. The summed E-state index contributed by atoms with van der Waals surface area (Å²) in [6, 6.07) is -0.824. The third-order valence-corrected chi connectivity index (χ3v) is 12.7. The molecule has 12 unspecified atom stereocenters. The number of rotatable bonds is 39. The second-order valence-corrected chi connectivity index (χ2v) is 18.3. The molecule has 0 aliphatic carbocycles. The van der Waals surface area contributed by atoms with Gasteiger partial charge in [0.15, 0.2) is 12.6 Å². The number of nitrogens with one attached hydrogen (secondary N) is 1. The minimum absolute atomic E-state index is 0.214. The molecule has 0 radical (unpaired) electrons. The third-order valence-electron chi connectivity index (χ3n) is 12.7. The number of allylic oxidation sites excluding steroid dienone is 4. The standard InChI is InChI=1S/C50H93NO13/c1-3-5-7-9-11-12-13-14-15-16-17-18-19-20-21-22-23-24-25-26-28-30-32-34-42(55)51-38(39(54)33-31-29-27-10-8-6-4-2)37-61-49-47(60)45(58)48(41(36-53)63-49)64-50-46(59)44(57)43(56)40(35-52)62-50/h13-14,16-17,38-41,43-50,52-54,56-60H,3-12,15,18-37H2,1-2H3,(H,51,55)/b14-13-,17-16-. The maximum Gasteiger partial charge on any atom is 0.220 e. The molecule has 64 heavy (non-hydrogen) atoms. The molecule has 0 spiro atoms. The van der Waals surface area contributed by atoms with Crippen molar-refractivity contribution in [1.29, 1.82) is 0 Å². The van der Waals surface area contributed by atoms with Gasteiger partial charge in [0.2, 0.25) is 5.91 Å². The molecule has 0 aromatic rings. The van der Waals surface area contributed by atoms with Gasteiger partial charge >= 0.3 is 0 Å². The Hall–Kier alpha value is -1.53. The zero-order chi connectivity index (χ0) is 46.8. The average Bonchev–Trinajstić information content (AvgIpc) is 3.29. The largest absolute Gasteiger partial charge is 0.394 e. The van der Waals surface area contributed by atoms with Gasteiger partial charge in [0.1, 0.15) is 48.8 Å². The van der Waals surface area contributed by atoms with Gasteiger partial charge in [-0.2, -0.15) is 0 Å². The van der Waals surface area contributed by atoms with Gasteiger partial charge in [-0.15, -0.1) is 0 Å². The zero-order valence-corrected chi connectivity index (χ0v) is 39.8. The first kappa shape index (κ1) is 58.6. The molecule has 0 bridgehead atoms. The molecule has 0 saturated carbocycles. The van der Waals surface area contributed by atoms with Crippen LogP contribution >= 0.6 is 0 Å². The number of hydrogen-bond acceptors (Lipinski definition) is 13. The quantitative estimate of drug-likeness (QED) is 0.0236. The van der Waals surface area contributed by atoms with Crippen molar-refractivity contribution >= 4 is 5.91 Å². The summed E-state index contributed by atoms with van der Waals surface area (Å²) >= 11 is 0. The van der Waals surface area contributed by atoms with Gasteiger partial charge in [0.25, 0.3) is 0 Å². The lowest BCUT2D eigenvalue weighted by atomic mass is 9.97. The maximum absolute atomic E-state index is 13.1. The highest BCUT2D eigenvalue weighted by atomic mass is 16.7. The first-order valence-corrected chi connectivity index (χ1v) is 25.6. The summed E-state index contributed by atoms with van der Waals surface area (Å²) in [5.41, 5.74) is 0. The maximum atomic E-state index is 13.1. The van der Waals surface area contributed by atoms with Crippen LogP contribution in [0.2, 0.25) is 0 Å². The SMILES string of the molecule is CCCCCCC/C=C\C/C=C\CCCCCCCCCCCCCC(=O)NC(COC1OC(CO)C(OC2OC(CO)C(O)C(O)C2O)C(O)C1O)C(O)CCCCCCCCC. The number of aliphatic hydroxyl groups is 8. The third kappa shape index (κ3) is 24.5. The van der Waals surface area contributed by atoms with Crippen LogP contribution in [0.1, 0.15) is 194 Å². The van der Waals surface area contributed by atoms with Gasteiger partial charge in [-0.05, 0) is 44.9 Å². The smallest absolute Gasteiger partial charge is 0.220 e. The normalized spacial score (nSPS) is 27.4. The Morgan fingerprint density at radius 2 is 1.03 bits per heavy atom. The molecule has 14 heteroatoms. The molecule has 9 N–H and O–H groups in total. The monoisotopic (exact) mass is 916 g/mol. The van der Waals surface area contributed by atoms with E-state index in [1.54, 1.807) is 0 Å². The van der Waals surface area contributed by atoms with Gasteiger partial charge < -0.3 is 65.1 Å². The fourth-order valence-electron chi connectivity index (χ4n) is 8.44. The molecule has 0 aromatic heterocycles. The minimum Gasteiger partial charge on any atom is -0.394 e. The summed E-state index contributed by atoms with van der Waals surface area (Å²) in [6.07, 6.45) is 23.6. The average molecular weight is 916 g/mol. The van der Waals surface area contributed by atoms with Crippen molar-refractivity contribution in [3.63, 3.8) is 0 Å². The number of amides is 1. The highest BCUT2D eigenvalue weighted by Crippen LogP contribution is 2.30. The van der Waals surface area contributed by atoms with Crippen LogP contribution in [0.3, 0.4) is 0 Å². The van der Waals surface area contributed by atoms with Crippen molar-refractivity contribution in [3.05, 3.63) is 24.3 Å². The lowest BCUT2D eigenvalue weighted by Gasteiger charge is -2.46. The van der Waals surface area contributed by atoms with Crippen LogP contribution in [-0.4, -0.2) is 140 Å². The van der Waals surface area contributed by atoms with Crippen molar-refractivity contribution < 1.29 is 64.6 Å². The summed E-state index contributed by atoms with van der Waals surface area (Å²) in [7, 11) is 0. The van der Waals surface area contributed by atoms with E-state index in [-0.39, 0.29) is 12.5 Å². The zero-order valence-electron chi connectivity index (χ0n) is 39.8. The predicted octanol–water partition coefficient (Wildman–Crippen LogP) is 6.55. The Morgan fingerprint density at radius 1 is 0.562 bits per heavy atom. The molecular weight excluding hydrogens is 823 g/mol. The van der Waals surface area contributed by atoms with Crippen molar-refractivity contribution in [2.24, 2.45) is 0 Å². The Balaban J connectivity index is 1.71. The molecule has 12 atom stereocenters. The van der Waals surface area contributed by atoms with E-state index in [0.29, 0.717) is 12.8 Å². The number of aliphatic hydroxyl groups excluding tert-OH is 8. The fraction of sp³-hybridized carbons (Fsp3) is 0.900. The second-order valence-electron chi connectivity index (χ2n) is 18.3. The van der Waals surface area contributed by atoms with E-state index in [4.69, 9.17) is 18.9 Å². The predicted molar refractivity (Wildman–Crippen MR) is 249 cm³/mol. The first-order chi connectivity index (χ1) is 31.1. The highest BCUT2D eigenvalue weighted by Gasteiger charge is 2.51. The molecule has 0 aromatic carbocycles. The van der Waals surface area contributed by atoms with E-state index in [2.05, 4.69) is 43.5 Å². The summed E-state index contributed by atoms with van der Waals surface area (Å²) in [4.78, 5) is 13.1. The Bertz CT molecular complexity index is 1170. The van der Waals surface area contributed by atoms with Gasteiger partial charge in [0, 0.05) is 6.42 Å². The van der Waals surface area contributed by atoms with E-state index in [0.717, 1.165) is 57.8 Å². The van der Waals surface area contributed by atoms with Crippen LogP contribution in [0.15, 0.2) is 24.3 Å². The topological polar surface area (TPSA) is 228 Å². The van der Waals surface area contributed by atoms with Crippen molar-refractivity contribution in [3.8, 4) is 0 Å². The van der Waals surface area contributed by atoms with E-state index >= 15 is 0 Å². The lowest BCUT2D eigenvalue weighted by Crippen LogP contribution is -2.65. The summed E-state index contributed by atoms with van der Waals surface area (Å²) in [5.74, 6) is -0.214. The lowest BCUT2D eigenvalue weighted by molar-refractivity contribution is -0.359. The molecule has 376 valence electrons. The molecule has 2 heterocycles. The number of carbonyl (C=O) groups excluding carboxylic acids is 1. The van der Waals surface area contributed by atoms with Crippen molar-refractivity contribution in [2.75, 3.05) is 19.8 Å².